The van der Waals surface area contributed by atoms with Crippen LogP contribution in [0.15, 0.2) is 72.8 Å². The van der Waals surface area contributed by atoms with Gasteiger partial charge in [-0.15, -0.1) is 5.06 Å². The van der Waals surface area contributed by atoms with Gasteiger partial charge in [-0.3, -0.25) is 9.59 Å². The van der Waals surface area contributed by atoms with Gasteiger partial charge in [0.15, 0.2) is 5.75 Å². The van der Waals surface area contributed by atoms with Crippen molar-refractivity contribution in [3.8, 4) is 5.75 Å². The second-order valence-electron chi connectivity index (χ2n) is 6.59. The fraction of sp³-hybridized carbons (Fsp3) is 0.0435. The molecule has 30 heavy (non-hydrogen) atoms. The zero-order valence-corrected chi connectivity index (χ0v) is 17.4. The number of carbonyl (C=O) groups excluding carboxylic acids is 2. The van der Waals surface area contributed by atoms with Gasteiger partial charge in [0, 0.05) is 33.4 Å². The van der Waals surface area contributed by atoms with Gasteiger partial charge in [-0.05, 0) is 42.5 Å². The van der Waals surface area contributed by atoms with Crippen LogP contribution in [0.4, 0.5) is 5.69 Å². The number of halogens is 2. The maximum atomic E-state index is 13.3. The summed E-state index contributed by atoms with van der Waals surface area (Å²) in [6.07, 6.45) is 0. The molecule has 1 aromatic heterocycles. The Hall–Kier alpha value is -3.28. The summed E-state index contributed by atoms with van der Waals surface area (Å²) in [7, 11) is 0. The Kier molecular flexibility index (Phi) is 5.48. The fourth-order valence-electron chi connectivity index (χ4n) is 3.13. The Morgan fingerprint density at radius 3 is 2.23 bits per heavy atom. The van der Waals surface area contributed by atoms with E-state index in [1.54, 1.807) is 66.7 Å². The monoisotopic (exact) mass is 438 g/mol. The molecule has 4 aromatic rings. The third kappa shape index (κ3) is 3.90. The van der Waals surface area contributed by atoms with E-state index >= 15 is 0 Å². The molecule has 150 valence electrons. The molecule has 0 aliphatic carbocycles. The first-order valence-corrected chi connectivity index (χ1v) is 9.85. The molecule has 1 amide bonds. The van der Waals surface area contributed by atoms with Crippen LogP contribution in [0.5, 0.6) is 5.75 Å². The van der Waals surface area contributed by atoms with Gasteiger partial charge >= 0.3 is 0 Å². The molecular weight excluding hydrogens is 423 g/mol. The quantitative estimate of drug-likeness (QED) is 0.304. The summed E-state index contributed by atoms with van der Waals surface area (Å²) in [5, 5.41) is 2.77. The van der Waals surface area contributed by atoms with Crippen molar-refractivity contribution in [3.63, 3.8) is 0 Å². The molecule has 0 aliphatic rings. The molecular formula is C23H16Cl2N2O3. The van der Waals surface area contributed by atoms with E-state index in [1.165, 1.54) is 6.92 Å². The first kappa shape index (κ1) is 20.0. The van der Waals surface area contributed by atoms with E-state index in [2.05, 4.69) is 4.98 Å². The summed E-state index contributed by atoms with van der Waals surface area (Å²) in [6.45, 7) is 1.36. The van der Waals surface area contributed by atoms with Crippen LogP contribution in [0.3, 0.4) is 0 Å². The van der Waals surface area contributed by atoms with Crippen LogP contribution in [0.2, 0.25) is 10.0 Å². The van der Waals surface area contributed by atoms with E-state index in [0.29, 0.717) is 37.9 Å². The molecule has 0 saturated carbocycles. The number of carbonyl (C=O) groups is 2. The molecule has 3 aromatic carbocycles. The van der Waals surface area contributed by atoms with Crippen LogP contribution in [-0.4, -0.2) is 16.7 Å². The lowest BCUT2D eigenvalue weighted by Gasteiger charge is -2.21. The first-order valence-electron chi connectivity index (χ1n) is 9.09. The lowest BCUT2D eigenvalue weighted by Crippen LogP contribution is -2.33. The Morgan fingerprint density at radius 2 is 1.57 bits per heavy atom. The molecule has 7 heteroatoms. The van der Waals surface area contributed by atoms with Crippen LogP contribution in [0.25, 0.3) is 10.9 Å². The van der Waals surface area contributed by atoms with E-state index in [9.17, 15) is 9.59 Å². The molecule has 0 bridgehead atoms. The molecule has 0 fully saturated rings. The molecule has 1 heterocycles. The van der Waals surface area contributed by atoms with E-state index in [-0.39, 0.29) is 11.5 Å². The highest BCUT2D eigenvalue weighted by Crippen LogP contribution is 2.35. The zero-order chi connectivity index (χ0) is 21.3. The van der Waals surface area contributed by atoms with Crippen LogP contribution >= 0.6 is 23.2 Å². The van der Waals surface area contributed by atoms with Gasteiger partial charge < -0.3 is 9.82 Å². The summed E-state index contributed by atoms with van der Waals surface area (Å²) in [5.41, 5.74) is 1.63. The summed E-state index contributed by atoms with van der Waals surface area (Å²) in [4.78, 5) is 34.8. The maximum Gasteiger partial charge on any atom is 0.257 e. The van der Waals surface area contributed by atoms with Crippen molar-refractivity contribution < 1.29 is 14.4 Å². The number of nitrogens with zero attached hydrogens (tertiary/aromatic N) is 1. The standard InChI is InChI=1S/C23H16Cl2N2O3/c1-14(28)27(30-18-10-7-16(24)8-11-18)22-19-12-9-17(25)13-20(19)26-21(22)23(29)15-5-3-2-4-6-15/h2-13,26H,1H3. The number of hydroxylamine groups is 1. The predicted molar refractivity (Wildman–Crippen MR) is 118 cm³/mol. The van der Waals surface area contributed by atoms with Gasteiger partial charge in [0.2, 0.25) is 5.78 Å². The molecule has 5 nitrogen and oxygen atoms in total. The van der Waals surface area contributed by atoms with Crippen molar-refractivity contribution in [3.05, 3.63) is 94.1 Å². The second-order valence-corrected chi connectivity index (χ2v) is 7.47. The molecule has 0 spiro atoms. The second kappa shape index (κ2) is 8.22. The average Bonchev–Trinajstić information content (AvgIpc) is 3.11. The van der Waals surface area contributed by atoms with Crippen LogP contribution in [0.1, 0.15) is 23.0 Å². The SMILES string of the molecule is CC(=O)N(Oc1ccc(Cl)cc1)c1c(C(=O)c2ccccc2)[nH]c2cc(Cl)ccc12. The Labute approximate surface area is 182 Å². The minimum atomic E-state index is -0.400. The van der Waals surface area contributed by atoms with Crippen LogP contribution < -0.4 is 9.90 Å². The third-order valence-electron chi connectivity index (χ3n) is 4.50. The van der Waals surface area contributed by atoms with Gasteiger partial charge in [-0.1, -0.05) is 53.5 Å². The number of benzene rings is 3. The number of hydrogen-bond donors (Lipinski definition) is 1. The molecule has 0 unspecified atom stereocenters. The largest absolute Gasteiger partial charge is 0.372 e. The molecule has 0 aliphatic heterocycles. The lowest BCUT2D eigenvalue weighted by molar-refractivity contribution is -0.120. The Bertz CT molecular complexity index is 1230. The first-order chi connectivity index (χ1) is 14.4. The highest BCUT2D eigenvalue weighted by Gasteiger charge is 2.27. The number of anilines is 1. The fourth-order valence-corrected chi connectivity index (χ4v) is 3.43. The van der Waals surface area contributed by atoms with E-state index in [1.807, 2.05) is 6.07 Å². The molecule has 0 saturated heterocycles. The molecule has 0 atom stereocenters. The number of nitrogens with one attached hydrogen (secondary N) is 1. The lowest BCUT2D eigenvalue weighted by atomic mass is 10.1. The number of fused-ring (bicyclic) bond motifs is 1. The number of amides is 1. The van der Waals surface area contributed by atoms with Crippen molar-refractivity contribution in [1.82, 2.24) is 4.98 Å². The maximum absolute atomic E-state index is 13.3. The molecule has 4 rings (SSSR count). The topological polar surface area (TPSA) is 62.4 Å². The van der Waals surface area contributed by atoms with Gasteiger partial charge in [0.1, 0.15) is 11.4 Å². The van der Waals surface area contributed by atoms with Crippen LogP contribution in [-0.2, 0) is 4.79 Å². The number of H-pyrrole nitrogens is 1. The number of hydrogen-bond acceptors (Lipinski definition) is 3. The number of aromatic amines is 1. The summed E-state index contributed by atoms with van der Waals surface area (Å²) in [6, 6.07) is 20.5. The highest BCUT2D eigenvalue weighted by molar-refractivity contribution is 6.31. The van der Waals surface area contributed by atoms with Crippen molar-refractivity contribution >= 4 is 51.5 Å². The van der Waals surface area contributed by atoms with Crippen LogP contribution in [0, 0.1) is 0 Å². The van der Waals surface area contributed by atoms with Crippen molar-refractivity contribution in [2.75, 3.05) is 5.06 Å². The number of ketones is 1. The third-order valence-corrected chi connectivity index (χ3v) is 4.98. The van der Waals surface area contributed by atoms with Gasteiger partial charge in [0.25, 0.3) is 5.91 Å². The van der Waals surface area contributed by atoms with E-state index in [4.69, 9.17) is 28.0 Å². The minimum absolute atomic E-state index is 0.225. The van der Waals surface area contributed by atoms with Gasteiger partial charge in [-0.25, -0.2) is 0 Å². The normalized spacial score (nSPS) is 10.8. The zero-order valence-electron chi connectivity index (χ0n) is 15.9. The van der Waals surface area contributed by atoms with Gasteiger partial charge in [0.05, 0.1) is 0 Å². The van der Waals surface area contributed by atoms with Gasteiger partial charge in [-0.2, -0.15) is 0 Å². The highest BCUT2D eigenvalue weighted by atomic mass is 35.5. The Balaban J connectivity index is 1.88. The van der Waals surface area contributed by atoms with Crippen molar-refractivity contribution in [2.45, 2.75) is 6.92 Å². The molecule has 1 N–H and O–H groups in total. The number of aromatic nitrogens is 1. The minimum Gasteiger partial charge on any atom is -0.372 e. The summed E-state index contributed by atoms with van der Waals surface area (Å²) in [5.74, 6) is -0.275. The smallest absolute Gasteiger partial charge is 0.257 e. The van der Waals surface area contributed by atoms with Crippen molar-refractivity contribution in [1.29, 1.82) is 0 Å². The predicted octanol–water partition coefficient (Wildman–Crippen LogP) is 6.05. The average molecular weight is 439 g/mol. The summed E-state index contributed by atoms with van der Waals surface area (Å²) < 4.78 is 0. The number of rotatable bonds is 5. The Morgan fingerprint density at radius 1 is 0.900 bits per heavy atom. The summed E-state index contributed by atoms with van der Waals surface area (Å²) >= 11 is 12.1. The van der Waals surface area contributed by atoms with E-state index in [0.717, 1.165) is 5.06 Å². The van der Waals surface area contributed by atoms with E-state index < -0.39 is 5.91 Å². The molecule has 0 radical (unpaired) electrons. The van der Waals surface area contributed by atoms with Crippen molar-refractivity contribution in [2.24, 2.45) is 0 Å².